The molecule has 0 spiro atoms. The van der Waals surface area contributed by atoms with Crippen LogP contribution in [-0.4, -0.2) is 10.9 Å². The van der Waals surface area contributed by atoms with Crippen molar-refractivity contribution in [3.8, 4) is 5.75 Å². The number of hydrogen-bond donors (Lipinski definition) is 2. The minimum atomic E-state index is -0.600. The molecule has 0 atom stereocenters. The molecule has 0 aromatic heterocycles. The lowest BCUT2D eigenvalue weighted by molar-refractivity contribution is 0.0992. The van der Waals surface area contributed by atoms with E-state index in [4.69, 9.17) is 5.73 Å². The van der Waals surface area contributed by atoms with E-state index in [2.05, 4.69) is 0 Å². The third kappa shape index (κ3) is 2.66. The number of nitrogens with two attached hydrogens (primary N) is 1. The monoisotopic (exact) mass is 245 g/mol. The Morgan fingerprint density at radius 3 is 2.67 bits per heavy atom. The summed E-state index contributed by atoms with van der Waals surface area (Å²) >= 11 is 0. The fourth-order valence-electron chi connectivity index (χ4n) is 1.65. The lowest BCUT2D eigenvalue weighted by Crippen LogP contribution is -2.04. The van der Waals surface area contributed by atoms with Gasteiger partial charge in [-0.15, -0.1) is 0 Å². The Bertz CT molecular complexity index is 596. The molecule has 0 bridgehead atoms. The molecule has 3 nitrogen and oxygen atoms in total. The Morgan fingerprint density at radius 1 is 1.22 bits per heavy atom. The summed E-state index contributed by atoms with van der Waals surface area (Å²) in [7, 11) is 0. The fraction of sp³-hybridized carbons (Fsp3) is 0.0714. The summed E-state index contributed by atoms with van der Waals surface area (Å²) in [5, 5.41) is 9.29. The van der Waals surface area contributed by atoms with Crippen LogP contribution in [0.1, 0.15) is 15.9 Å². The summed E-state index contributed by atoms with van der Waals surface area (Å²) in [5.41, 5.74) is 6.31. The zero-order chi connectivity index (χ0) is 13.1. The second kappa shape index (κ2) is 4.87. The largest absolute Gasteiger partial charge is 0.508 e. The zero-order valence-electron chi connectivity index (χ0n) is 9.56. The second-order valence-corrected chi connectivity index (χ2v) is 4.01. The van der Waals surface area contributed by atoms with Gasteiger partial charge in [0.1, 0.15) is 11.6 Å². The Kier molecular flexibility index (Phi) is 3.28. The van der Waals surface area contributed by atoms with Crippen LogP contribution in [0.3, 0.4) is 0 Å². The van der Waals surface area contributed by atoms with Gasteiger partial charge in [-0.25, -0.2) is 4.39 Å². The molecule has 2 aromatic carbocycles. The quantitative estimate of drug-likeness (QED) is 0.645. The van der Waals surface area contributed by atoms with Gasteiger partial charge >= 0.3 is 0 Å². The first-order valence-electron chi connectivity index (χ1n) is 5.42. The van der Waals surface area contributed by atoms with Crippen molar-refractivity contribution in [2.75, 3.05) is 5.73 Å². The van der Waals surface area contributed by atoms with Gasteiger partial charge < -0.3 is 10.8 Å². The minimum Gasteiger partial charge on any atom is -0.508 e. The molecule has 0 fully saturated rings. The number of carbonyl (C=O) groups excluding carboxylic acids is 1. The van der Waals surface area contributed by atoms with Crippen molar-refractivity contribution < 1.29 is 14.3 Å². The molecular weight excluding hydrogens is 233 g/mol. The first kappa shape index (κ1) is 12.1. The van der Waals surface area contributed by atoms with E-state index in [0.29, 0.717) is 5.56 Å². The molecule has 0 unspecified atom stereocenters. The van der Waals surface area contributed by atoms with E-state index in [-0.39, 0.29) is 29.2 Å². The molecular formula is C14H12FNO2. The van der Waals surface area contributed by atoms with Gasteiger partial charge in [0.25, 0.3) is 0 Å². The summed E-state index contributed by atoms with van der Waals surface area (Å²) in [6.45, 7) is 0. The maximum atomic E-state index is 13.2. The number of halogens is 1. The Balaban J connectivity index is 2.19. The first-order chi connectivity index (χ1) is 8.56. The summed E-state index contributed by atoms with van der Waals surface area (Å²) in [6.07, 6.45) is 0.109. The van der Waals surface area contributed by atoms with E-state index >= 15 is 0 Å². The first-order valence-corrected chi connectivity index (χ1v) is 5.42. The number of rotatable bonds is 3. The highest BCUT2D eigenvalue weighted by atomic mass is 19.1. The van der Waals surface area contributed by atoms with Gasteiger partial charge in [0.2, 0.25) is 0 Å². The van der Waals surface area contributed by atoms with E-state index in [1.807, 2.05) is 0 Å². The van der Waals surface area contributed by atoms with Gasteiger partial charge in [-0.05, 0) is 35.9 Å². The van der Waals surface area contributed by atoms with Crippen LogP contribution in [0.2, 0.25) is 0 Å². The predicted molar refractivity (Wildman–Crippen MR) is 67.0 cm³/mol. The third-order valence-corrected chi connectivity index (χ3v) is 2.60. The van der Waals surface area contributed by atoms with Crippen LogP contribution in [-0.2, 0) is 6.42 Å². The van der Waals surface area contributed by atoms with Gasteiger partial charge in [0, 0.05) is 12.0 Å². The van der Waals surface area contributed by atoms with Crippen molar-refractivity contribution in [1.82, 2.24) is 0 Å². The van der Waals surface area contributed by atoms with Crippen LogP contribution in [0.4, 0.5) is 10.1 Å². The van der Waals surface area contributed by atoms with E-state index in [0.717, 1.165) is 6.07 Å². The van der Waals surface area contributed by atoms with Crippen LogP contribution < -0.4 is 5.73 Å². The molecule has 0 saturated carbocycles. The van der Waals surface area contributed by atoms with Crippen molar-refractivity contribution in [2.45, 2.75) is 6.42 Å². The molecule has 4 heteroatoms. The Labute approximate surface area is 104 Å². The normalized spacial score (nSPS) is 10.3. The number of phenolic OH excluding ortho intramolecular Hbond substituents is 1. The number of ketones is 1. The number of hydrogen-bond acceptors (Lipinski definition) is 3. The van der Waals surface area contributed by atoms with E-state index < -0.39 is 5.82 Å². The van der Waals surface area contributed by atoms with Crippen molar-refractivity contribution in [1.29, 1.82) is 0 Å². The third-order valence-electron chi connectivity index (χ3n) is 2.60. The molecule has 0 amide bonds. The highest BCUT2D eigenvalue weighted by Crippen LogP contribution is 2.16. The van der Waals surface area contributed by atoms with E-state index in [1.54, 1.807) is 12.1 Å². The van der Waals surface area contributed by atoms with Crippen LogP contribution in [0.5, 0.6) is 5.75 Å². The highest BCUT2D eigenvalue weighted by molar-refractivity contribution is 5.97. The molecule has 0 aliphatic carbocycles. The van der Waals surface area contributed by atoms with Crippen molar-refractivity contribution in [3.05, 3.63) is 59.4 Å². The average Bonchev–Trinajstić information content (AvgIpc) is 2.32. The molecule has 3 N–H and O–H groups in total. The molecule has 92 valence electrons. The van der Waals surface area contributed by atoms with Gasteiger partial charge in [-0.3, -0.25) is 4.79 Å². The number of aromatic hydroxyl groups is 1. The van der Waals surface area contributed by atoms with Gasteiger partial charge in [0.15, 0.2) is 5.78 Å². The van der Waals surface area contributed by atoms with Gasteiger partial charge in [-0.1, -0.05) is 12.1 Å². The summed E-state index contributed by atoms with van der Waals surface area (Å²) in [5.74, 6) is -0.722. The van der Waals surface area contributed by atoms with Crippen molar-refractivity contribution in [3.63, 3.8) is 0 Å². The summed E-state index contributed by atoms with van der Waals surface area (Å²) < 4.78 is 13.2. The predicted octanol–water partition coefficient (Wildman–Crippen LogP) is 2.54. The minimum absolute atomic E-state index is 0.0175. The van der Waals surface area contributed by atoms with E-state index in [9.17, 15) is 14.3 Å². The molecule has 0 saturated heterocycles. The molecule has 2 aromatic rings. The number of benzene rings is 2. The lowest BCUT2D eigenvalue weighted by Gasteiger charge is -2.03. The van der Waals surface area contributed by atoms with Crippen LogP contribution >= 0.6 is 0 Å². The topological polar surface area (TPSA) is 63.3 Å². The molecule has 18 heavy (non-hydrogen) atoms. The molecule has 2 rings (SSSR count). The number of nitrogen functional groups attached to an aromatic ring is 1. The molecule has 0 aliphatic heterocycles. The van der Waals surface area contributed by atoms with Crippen molar-refractivity contribution >= 4 is 11.5 Å². The van der Waals surface area contributed by atoms with Crippen molar-refractivity contribution in [2.24, 2.45) is 0 Å². The zero-order valence-corrected chi connectivity index (χ0v) is 9.56. The second-order valence-electron chi connectivity index (χ2n) is 4.01. The SMILES string of the molecule is Nc1ccc(C(=O)Cc2cccc(O)c2)cc1F. The van der Waals surface area contributed by atoms with Crippen LogP contribution in [0.25, 0.3) is 0 Å². The standard InChI is InChI=1S/C14H12FNO2/c15-12-8-10(4-5-13(12)16)14(18)7-9-2-1-3-11(17)6-9/h1-6,8,17H,7,16H2. The Hall–Kier alpha value is -2.36. The average molecular weight is 245 g/mol. The number of Topliss-reactive ketones (excluding diaryl/α,β-unsaturated/α-hetero) is 1. The van der Waals surface area contributed by atoms with Gasteiger partial charge in [-0.2, -0.15) is 0 Å². The van der Waals surface area contributed by atoms with Crippen LogP contribution in [0.15, 0.2) is 42.5 Å². The van der Waals surface area contributed by atoms with Gasteiger partial charge in [0.05, 0.1) is 5.69 Å². The highest BCUT2D eigenvalue weighted by Gasteiger charge is 2.09. The Morgan fingerprint density at radius 2 is 2.00 bits per heavy atom. The lowest BCUT2D eigenvalue weighted by atomic mass is 10.0. The number of carbonyl (C=O) groups is 1. The number of anilines is 1. The maximum Gasteiger partial charge on any atom is 0.167 e. The summed E-state index contributed by atoms with van der Waals surface area (Å²) in [6, 6.07) is 10.4. The molecule has 0 aliphatic rings. The summed E-state index contributed by atoms with van der Waals surface area (Å²) in [4.78, 5) is 11.9. The molecule has 0 heterocycles. The maximum absolute atomic E-state index is 13.2. The molecule has 0 radical (unpaired) electrons. The van der Waals surface area contributed by atoms with E-state index in [1.165, 1.54) is 24.3 Å². The van der Waals surface area contributed by atoms with Crippen LogP contribution in [0, 0.1) is 5.82 Å². The smallest absolute Gasteiger partial charge is 0.167 e. The number of phenols is 1. The fourth-order valence-corrected chi connectivity index (χ4v) is 1.65.